The maximum atomic E-state index is 12.5. The average molecular weight is 316 g/mol. The Kier molecular flexibility index (Phi) is 2.91. The van der Waals surface area contributed by atoms with Crippen molar-refractivity contribution in [1.82, 2.24) is 0 Å². The van der Waals surface area contributed by atoms with Crippen molar-refractivity contribution in [2.45, 2.75) is 45.4 Å². The number of ketones is 3. The molecule has 4 atom stereocenters. The average Bonchev–Trinajstić information content (AvgIpc) is 2.85. The van der Waals surface area contributed by atoms with Crippen molar-refractivity contribution >= 4 is 17.3 Å². The fraction of sp³-hybridized carbons (Fsp3) is 0.611. The second-order valence-corrected chi connectivity index (χ2v) is 7.58. The molecule has 5 nitrogen and oxygen atoms in total. The highest BCUT2D eigenvalue weighted by atomic mass is 16.3. The van der Waals surface area contributed by atoms with E-state index in [-0.39, 0.29) is 23.2 Å². The zero-order valence-electron chi connectivity index (χ0n) is 13.1. The normalized spacial score (nSPS) is 40.2. The lowest BCUT2D eigenvalue weighted by molar-refractivity contribution is -0.130. The van der Waals surface area contributed by atoms with Crippen molar-refractivity contribution in [2.24, 2.45) is 23.2 Å². The molecule has 0 saturated heterocycles. The monoisotopic (exact) mass is 316 g/mol. The Balaban J connectivity index is 1.76. The van der Waals surface area contributed by atoms with E-state index in [2.05, 4.69) is 0 Å². The van der Waals surface area contributed by atoms with Crippen molar-refractivity contribution in [3.8, 4) is 0 Å². The molecule has 122 valence electrons. The first kappa shape index (κ1) is 14.7. The van der Waals surface area contributed by atoms with Gasteiger partial charge in [-0.3, -0.25) is 14.4 Å². The number of hydrogen-bond acceptors (Lipinski definition) is 5. The van der Waals surface area contributed by atoms with Gasteiger partial charge in [-0.05, 0) is 49.9 Å². The molecular weight excluding hydrogens is 296 g/mol. The van der Waals surface area contributed by atoms with E-state index in [9.17, 15) is 24.6 Å². The molecule has 2 saturated carbocycles. The van der Waals surface area contributed by atoms with Crippen LogP contribution in [0.5, 0.6) is 0 Å². The van der Waals surface area contributed by atoms with Gasteiger partial charge in [0.05, 0.1) is 0 Å². The molecule has 23 heavy (non-hydrogen) atoms. The van der Waals surface area contributed by atoms with E-state index in [1.807, 2.05) is 6.92 Å². The Bertz CT molecular complexity index is 713. The number of hydrogen-bond donors (Lipinski definition) is 2. The maximum Gasteiger partial charge on any atom is 0.228 e. The predicted octanol–water partition coefficient (Wildman–Crippen LogP) is 2.57. The summed E-state index contributed by atoms with van der Waals surface area (Å²) in [7, 11) is 0. The molecule has 0 amide bonds. The van der Waals surface area contributed by atoms with E-state index < -0.39 is 23.1 Å². The van der Waals surface area contributed by atoms with Crippen LogP contribution in [-0.2, 0) is 14.4 Å². The lowest BCUT2D eigenvalue weighted by atomic mass is 9.54. The minimum absolute atomic E-state index is 0.0746. The zero-order valence-corrected chi connectivity index (χ0v) is 13.1. The maximum absolute atomic E-state index is 12.5. The van der Waals surface area contributed by atoms with Crippen LogP contribution in [0.15, 0.2) is 22.7 Å². The van der Waals surface area contributed by atoms with Gasteiger partial charge in [-0.1, -0.05) is 6.92 Å². The second kappa shape index (κ2) is 4.56. The summed E-state index contributed by atoms with van der Waals surface area (Å²) in [5.41, 5.74) is 0.489. The van der Waals surface area contributed by atoms with Crippen LogP contribution in [-0.4, -0.2) is 27.6 Å². The number of rotatable bonds is 0. The molecule has 0 heterocycles. The van der Waals surface area contributed by atoms with Crippen LogP contribution in [0.1, 0.15) is 45.4 Å². The molecule has 5 heteroatoms. The van der Waals surface area contributed by atoms with Crippen LogP contribution in [0.2, 0.25) is 0 Å². The number of Topliss-reactive ketones (excluding diaryl/α,β-unsaturated/α-hetero) is 3. The van der Waals surface area contributed by atoms with Crippen LogP contribution >= 0.6 is 0 Å². The van der Waals surface area contributed by atoms with Gasteiger partial charge < -0.3 is 10.2 Å². The molecule has 2 N–H and O–H groups in total. The van der Waals surface area contributed by atoms with Gasteiger partial charge >= 0.3 is 0 Å². The largest absolute Gasteiger partial charge is 0.501 e. The molecule has 0 spiro atoms. The van der Waals surface area contributed by atoms with Crippen LogP contribution in [0.3, 0.4) is 0 Å². The number of carbonyl (C=O) groups is 3. The molecule has 2 fully saturated rings. The summed E-state index contributed by atoms with van der Waals surface area (Å²) in [5, 5.41) is 19.5. The Labute approximate surface area is 134 Å². The van der Waals surface area contributed by atoms with Crippen LogP contribution in [0.25, 0.3) is 0 Å². The van der Waals surface area contributed by atoms with Crippen LogP contribution < -0.4 is 0 Å². The Morgan fingerprint density at radius 1 is 0.957 bits per heavy atom. The van der Waals surface area contributed by atoms with E-state index in [4.69, 9.17) is 0 Å². The van der Waals surface area contributed by atoms with Crippen molar-refractivity contribution in [3.63, 3.8) is 0 Å². The van der Waals surface area contributed by atoms with E-state index in [0.29, 0.717) is 36.2 Å². The number of aliphatic hydroxyl groups excluding tert-OH is 2. The zero-order chi connectivity index (χ0) is 16.5. The molecule has 0 aromatic carbocycles. The molecule has 0 aromatic rings. The lowest BCUT2D eigenvalue weighted by Crippen LogP contribution is -2.46. The predicted molar refractivity (Wildman–Crippen MR) is 80.6 cm³/mol. The molecule has 4 rings (SSSR count). The van der Waals surface area contributed by atoms with Gasteiger partial charge in [0.25, 0.3) is 0 Å². The highest BCUT2D eigenvalue weighted by molar-refractivity contribution is 6.23. The summed E-state index contributed by atoms with van der Waals surface area (Å²) in [6, 6.07) is 0. The van der Waals surface area contributed by atoms with E-state index in [1.165, 1.54) is 0 Å². The van der Waals surface area contributed by atoms with Gasteiger partial charge in [0, 0.05) is 23.0 Å². The lowest BCUT2D eigenvalue weighted by Gasteiger charge is -2.48. The van der Waals surface area contributed by atoms with Crippen molar-refractivity contribution in [1.29, 1.82) is 0 Å². The van der Waals surface area contributed by atoms with Crippen molar-refractivity contribution in [2.75, 3.05) is 0 Å². The quantitative estimate of drug-likeness (QED) is 0.670. The summed E-state index contributed by atoms with van der Waals surface area (Å²) in [4.78, 5) is 36.9. The van der Waals surface area contributed by atoms with Gasteiger partial charge in [-0.2, -0.15) is 0 Å². The summed E-state index contributed by atoms with van der Waals surface area (Å²) < 4.78 is 0. The van der Waals surface area contributed by atoms with E-state index in [0.717, 1.165) is 19.3 Å². The fourth-order valence-electron chi connectivity index (χ4n) is 5.52. The Morgan fingerprint density at radius 2 is 1.65 bits per heavy atom. The van der Waals surface area contributed by atoms with Gasteiger partial charge in [0.15, 0.2) is 0 Å². The summed E-state index contributed by atoms with van der Waals surface area (Å²) in [6.07, 6.45) is 4.09. The number of fused-ring (bicyclic) bond motifs is 4. The Morgan fingerprint density at radius 3 is 2.39 bits per heavy atom. The third-order valence-electron chi connectivity index (χ3n) is 6.74. The van der Waals surface area contributed by atoms with E-state index >= 15 is 0 Å². The summed E-state index contributed by atoms with van der Waals surface area (Å²) in [6.45, 7) is 2.05. The number of aliphatic hydroxyl groups is 2. The van der Waals surface area contributed by atoms with Gasteiger partial charge in [-0.25, -0.2) is 0 Å². The Hall–Kier alpha value is -1.91. The first-order valence-electron chi connectivity index (χ1n) is 8.34. The SMILES string of the molecule is C[C@]12CC[C@@H]3C4=C(CC[C@H]3[C@@H]1CCC2=O)C(=O)C(O)=C(O)C4=O. The minimum Gasteiger partial charge on any atom is -0.501 e. The van der Waals surface area contributed by atoms with Crippen molar-refractivity contribution < 1.29 is 24.6 Å². The summed E-state index contributed by atoms with van der Waals surface area (Å²) >= 11 is 0. The van der Waals surface area contributed by atoms with Crippen molar-refractivity contribution in [3.05, 3.63) is 22.7 Å². The van der Waals surface area contributed by atoms with Gasteiger partial charge in [-0.15, -0.1) is 0 Å². The molecule has 0 aliphatic heterocycles. The fourth-order valence-corrected chi connectivity index (χ4v) is 5.52. The molecule has 0 bridgehead atoms. The number of allylic oxidation sites excluding steroid dienone is 2. The first-order chi connectivity index (χ1) is 10.9. The molecule has 0 aromatic heterocycles. The summed E-state index contributed by atoms with van der Waals surface area (Å²) in [5.74, 6) is -2.11. The van der Waals surface area contributed by atoms with Gasteiger partial charge in [0.1, 0.15) is 5.78 Å². The third-order valence-corrected chi connectivity index (χ3v) is 6.74. The first-order valence-corrected chi connectivity index (χ1v) is 8.34. The van der Waals surface area contributed by atoms with Gasteiger partial charge in [0.2, 0.25) is 23.1 Å². The molecule has 4 aliphatic rings. The molecular formula is C18H20O5. The molecule has 0 radical (unpaired) electrons. The highest BCUT2D eigenvalue weighted by Crippen LogP contribution is 2.59. The topological polar surface area (TPSA) is 91.7 Å². The molecule has 0 unspecified atom stereocenters. The van der Waals surface area contributed by atoms with Crippen LogP contribution in [0.4, 0.5) is 0 Å². The standard InChI is InChI=1S/C18H20O5/c1-18-7-6-9-8(11(18)4-5-12(18)19)2-3-10-13(9)15(21)17(23)16(22)14(10)20/h8-9,11,22-23H,2-7H2,1H3/t8-,9+,11+,18+/m1/s1. The molecule has 4 aliphatic carbocycles. The number of carbonyl (C=O) groups excluding carboxylic acids is 3. The minimum atomic E-state index is -0.816. The van der Waals surface area contributed by atoms with E-state index in [1.54, 1.807) is 0 Å². The second-order valence-electron chi connectivity index (χ2n) is 7.58. The highest BCUT2D eigenvalue weighted by Gasteiger charge is 2.56. The smallest absolute Gasteiger partial charge is 0.228 e. The third kappa shape index (κ3) is 1.71. The van der Waals surface area contributed by atoms with Crippen LogP contribution in [0, 0.1) is 23.2 Å².